The highest BCUT2D eigenvalue weighted by molar-refractivity contribution is 4.97. The number of ether oxygens (including phenoxy) is 1. The molecule has 0 spiro atoms. The van der Waals surface area contributed by atoms with Crippen molar-refractivity contribution in [3.63, 3.8) is 0 Å². The van der Waals surface area contributed by atoms with Crippen LogP contribution >= 0.6 is 0 Å². The number of morpholine rings is 1. The molecule has 0 aromatic carbocycles. The summed E-state index contributed by atoms with van der Waals surface area (Å²) in [6.07, 6.45) is 3.96. The molecule has 0 amide bonds. The van der Waals surface area contributed by atoms with Gasteiger partial charge in [-0.2, -0.15) is 5.10 Å². The molecule has 0 bridgehead atoms. The Morgan fingerprint density at radius 2 is 1.95 bits per heavy atom. The molecule has 1 aromatic heterocycles. The van der Waals surface area contributed by atoms with Crippen LogP contribution in [0, 0.1) is 0 Å². The Bertz CT molecular complexity index is 419. The largest absolute Gasteiger partial charge is 0.379 e. The molecule has 2 saturated heterocycles. The Morgan fingerprint density at radius 1 is 1.24 bits per heavy atom. The van der Waals surface area contributed by atoms with E-state index in [0.29, 0.717) is 5.92 Å². The second-order valence-electron chi connectivity index (χ2n) is 6.83. The summed E-state index contributed by atoms with van der Waals surface area (Å²) in [5.74, 6) is 1.61. The van der Waals surface area contributed by atoms with Gasteiger partial charge in [-0.1, -0.05) is 0 Å². The average Bonchev–Trinajstić information content (AvgIpc) is 3.03. The summed E-state index contributed by atoms with van der Waals surface area (Å²) in [6.45, 7) is 12.0. The van der Waals surface area contributed by atoms with E-state index in [2.05, 4.69) is 38.8 Å². The molecule has 1 N–H and O–H groups in total. The van der Waals surface area contributed by atoms with Crippen molar-refractivity contribution in [2.45, 2.75) is 38.1 Å². The predicted octanol–water partition coefficient (Wildman–Crippen LogP) is 1.09. The third kappa shape index (κ3) is 3.62. The second-order valence-corrected chi connectivity index (χ2v) is 6.83. The van der Waals surface area contributed by atoms with E-state index in [-0.39, 0.29) is 5.54 Å². The molecule has 1 aromatic rings. The number of hydrogen-bond acceptors (Lipinski definition) is 5. The highest BCUT2D eigenvalue weighted by atomic mass is 16.5. The molecule has 6 nitrogen and oxygen atoms in total. The summed E-state index contributed by atoms with van der Waals surface area (Å²) < 4.78 is 5.47. The minimum absolute atomic E-state index is 0.225. The number of nitrogens with one attached hydrogen (secondary N) is 1. The lowest BCUT2D eigenvalue weighted by Gasteiger charge is -2.44. The summed E-state index contributed by atoms with van der Waals surface area (Å²) in [6, 6.07) is 0. The Labute approximate surface area is 126 Å². The van der Waals surface area contributed by atoms with E-state index in [0.717, 1.165) is 51.8 Å². The first-order valence-corrected chi connectivity index (χ1v) is 8.05. The second kappa shape index (κ2) is 6.42. The summed E-state index contributed by atoms with van der Waals surface area (Å²) in [7, 11) is 0. The van der Waals surface area contributed by atoms with Gasteiger partial charge in [-0.3, -0.25) is 10.00 Å². The Kier molecular flexibility index (Phi) is 4.57. The molecule has 3 rings (SSSR count). The number of likely N-dealkylation sites (tertiary alicyclic amines) is 1. The number of aromatic amines is 1. The smallest absolute Gasteiger partial charge is 0.137 e. The van der Waals surface area contributed by atoms with Crippen LogP contribution in [0.1, 0.15) is 38.4 Å². The normalized spacial score (nSPS) is 23.5. The van der Waals surface area contributed by atoms with Crippen LogP contribution in [0.25, 0.3) is 0 Å². The van der Waals surface area contributed by atoms with Gasteiger partial charge in [0.15, 0.2) is 0 Å². The Hall–Kier alpha value is -0.980. The van der Waals surface area contributed by atoms with E-state index in [1.807, 2.05) is 0 Å². The Morgan fingerprint density at radius 3 is 2.57 bits per heavy atom. The van der Waals surface area contributed by atoms with Gasteiger partial charge in [-0.05, 0) is 39.8 Å². The zero-order valence-electron chi connectivity index (χ0n) is 13.2. The minimum atomic E-state index is 0.225. The first-order chi connectivity index (χ1) is 10.1. The monoisotopic (exact) mass is 293 g/mol. The van der Waals surface area contributed by atoms with Crippen LogP contribution in [-0.2, 0) is 4.74 Å². The lowest BCUT2D eigenvalue weighted by atomic mass is 9.94. The summed E-state index contributed by atoms with van der Waals surface area (Å²) in [5.41, 5.74) is 0.225. The van der Waals surface area contributed by atoms with Crippen LogP contribution < -0.4 is 0 Å². The quantitative estimate of drug-likeness (QED) is 0.901. The maximum atomic E-state index is 5.47. The minimum Gasteiger partial charge on any atom is -0.379 e. The lowest BCUT2D eigenvalue weighted by Crippen LogP contribution is -2.56. The molecule has 0 radical (unpaired) electrons. The van der Waals surface area contributed by atoms with Crippen LogP contribution in [0.5, 0.6) is 0 Å². The van der Waals surface area contributed by atoms with Crippen molar-refractivity contribution < 1.29 is 4.74 Å². The fraction of sp³-hybridized carbons (Fsp3) is 0.867. The van der Waals surface area contributed by atoms with Crippen molar-refractivity contribution in [3.05, 3.63) is 12.2 Å². The van der Waals surface area contributed by atoms with Crippen molar-refractivity contribution in [1.82, 2.24) is 25.0 Å². The van der Waals surface area contributed by atoms with Crippen molar-refractivity contribution in [2.24, 2.45) is 0 Å². The van der Waals surface area contributed by atoms with Gasteiger partial charge in [-0.15, -0.1) is 0 Å². The van der Waals surface area contributed by atoms with Crippen LogP contribution in [0.2, 0.25) is 0 Å². The van der Waals surface area contributed by atoms with Crippen molar-refractivity contribution in [1.29, 1.82) is 0 Å². The van der Waals surface area contributed by atoms with Gasteiger partial charge >= 0.3 is 0 Å². The standard InChI is InChI=1S/C15H27N5O/c1-15(2,20-7-9-21-10-8-20)11-19-5-3-13(4-6-19)14-16-12-17-18-14/h12-13H,3-11H2,1-2H3,(H,16,17,18). The molecule has 0 aliphatic carbocycles. The highest BCUT2D eigenvalue weighted by Gasteiger charge is 2.32. The van der Waals surface area contributed by atoms with Gasteiger partial charge in [-0.25, -0.2) is 4.98 Å². The number of piperidine rings is 1. The van der Waals surface area contributed by atoms with Gasteiger partial charge in [0.05, 0.1) is 13.2 Å². The number of rotatable bonds is 4. The molecule has 2 fully saturated rings. The zero-order valence-corrected chi connectivity index (χ0v) is 13.2. The Balaban J connectivity index is 1.50. The molecule has 21 heavy (non-hydrogen) atoms. The van der Waals surface area contributed by atoms with Gasteiger partial charge in [0.25, 0.3) is 0 Å². The number of nitrogens with zero attached hydrogens (tertiary/aromatic N) is 4. The van der Waals surface area contributed by atoms with E-state index in [1.165, 1.54) is 12.8 Å². The lowest BCUT2D eigenvalue weighted by molar-refractivity contribution is -0.0239. The first kappa shape index (κ1) is 14.9. The SMILES string of the molecule is CC(C)(CN1CCC(c2ncn[nH]2)CC1)N1CCOCC1. The topological polar surface area (TPSA) is 57.3 Å². The molecule has 118 valence electrons. The van der Waals surface area contributed by atoms with Gasteiger partial charge in [0, 0.05) is 31.1 Å². The number of aromatic nitrogens is 3. The molecular weight excluding hydrogens is 266 g/mol. The average molecular weight is 293 g/mol. The molecule has 2 aliphatic rings. The highest BCUT2D eigenvalue weighted by Crippen LogP contribution is 2.27. The van der Waals surface area contributed by atoms with Crippen LogP contribution in [-0.4, -0.2) is 76.5 Å². The van der Waals surface area contributed by atoms with Gasteiger partial charge < -0.3 is 9.64 Å². The van der Waals surface area contributed by atoms with Crippen LogP contribution in [0.15, 0.2) is 6.33 Å². The molecule has 0 saturated carbocycles. The maximum absolute atomic E-state index is 5.47. The van der Waals surface area contributed by atoms with E-state index in [1.54, 1.807) is 6.33 Å². The molecule has 2 aliphatic heterocycles. The molecule has 0 unspecified atom stereocenters. The molecule has 0 atom stereocenters. The van der Waals surface area contributed by atoms with Gasteiger partial charge in [0.2, 0.25) is 0 Å². The van der Waals surface area contributed by atoms with Crippen molar-refractivity contribution >= 4 is 0 Å². The van der Waals surface area contributed by atoms with E-state index in [4.69, 9.17) is 4.74 Å². The maximum Gasteiger partial charge on any atom is 0.137 e. The molecule has 3 heterocycles. The van der Waals surface area contributed by atoms with Crippen molar-refractivity contribution in [2.75, 3.05) is 45.9 Å². The first-order valence-electron chi connectivity index (χ1n) is 8.05. The van der Waals surface area contributed by atoms with Crippen molar-refractivity contribution in [3.8, 4) is 0 Å². The van der Waals surface area contributed by atoms with Crippen LogP contribution in [0.4, 0.5) is 0 Å². The molecular formula is C15H27N5O. The van der Waals surface area contributed by atoms with E-state index < -0.39 is 0 Å². The van der Waals surface area contributed by atoms with E-state index >= 15 is 0 Å². The predicted molar refractivity (Wildman–Crippen MR) is 81.3 cm³/mol. The summed E-state index contributed by atoms with van der Waals surface area (Å²) in [4.78, 5) is 9.47. The fourth-order valence-corrected chi connectivity index (χ4v) is 3.59. The summed E-state index contributed by atoms with van der Waals surface area (Å²) >= 11 is 0. The number of H-pyrrole nitrogens is 1. The third-order valence-electron chi connectivity index (χ3n) is 4.89. The number of hydrogen-bond donors (Lipinski definition) is 1. The van der Waals surface area contributed by atoms with Gasteiger partial charge in [0.1, 0.15) is 12.2 Å². The third-order valence-corrected chi connectivity index (χ3v) is 4.89. The fourth-order valence-electron chi connectivity index (χ4n) is 3.59. The van der Waals surface area contributed by atoms with E-state index in [9.17, 15) is 0 Å². The summed E-state index contributed by atoms with van der Waals surface area (Å²) in [5, 5.41) is 6.99. The zero-order chi connectivity index (χ0) is 14.7. The molecule has 6 heteroatoms. The van der Waals surface area contributed by atoms with Crippen LogP contribution in [0.3, 0.4) is 0 Å².